The molecule has 1 aliphatic carbocycles. The van der Waals surface area contributed by atoms with Gasteiger partial charge in [0, 0.05) is 11.3 Å². The zero-order valence-electron chi connectivity index (χ0n) is 9.41. The Morgan fingerprint density at radius 1 is 1.47 bits per heavy atom. The Morgan fingerprint density at radius 2 is 2.27 bits per heavy atom. The Labute approximate surface area is 95.4 Å². The van der Waals surface area contributed by atoms with Crippen LogP contribution in [0.4, 0.5) is 0 Å². The average Bonchev–Trinajstić information content (AvgIpc) is 2.65. The van der Waals surface area contributed by atoms with Gasteiger partial charge in [-0.25, -0.2) is 0 Å². The summed E-state index contributed by atoms with van der Waals surface area (Å²) in [6, 6.07) is 6.86. The van der Waals surface area contributed by atoms with Crippen LogP contribution < -0.4 is 10.1 Å². The smallest absolute Gasteiger partial charge is 0.119 e. The minimum atomic E-state index is 0.463. The molecule has 2 atom stereocenters. The highest BCUT2D eigenvalue weighted by molar-refractivity contribution is 7.99. The molecule has 1 N–H and O–H groups in total. The van der Waals surface area contributed by atoms with Crippen molar-refractivity contribution in [2.75, 3.05) is 20.4 Å². The Hall–Kier alpha value is -0.670. The molecule has 0 heterocycles. The van der Waals surface area contributed by atoms with Crippen molar-refractivity contribution in [1.82, 2.24) is 5.32 Å². The fraction of sp³-hybridized carbons (Fsp3) is 0.500. The number of hydrogen-bond donors (Lipinski definition) is 1. The maximum Gasteiger partial charge on any atom is 0.119 e. The van der Waals surface area contributed by atoms with E-state index in [1.54, 1.807) is 7.11 Å². The van der Waals surface area contributed by atoms with E-state index in [4.69, 9.17) is 4.74 Å². The first-order valence-electron chi connectivity index (χ1n) is 5.17. The maximum absolute atomic E-state index is 5.27. The van der Waals surface area contributed by atoms with Crippen LogP contribution in [0.25, 0.3) is 0 Å². The van der Waals surface area contributed by atoms with Crippen molar-refractivity contribution in [3.63, 3.8) is 0 Å². The zero-order valence-corrected chi connectivity index (χ0v) is 10.2. The lowest BCUT2D eigenvalue weighted by atomic mass is 10.1. The number of hydrogen-bond acceptors (Lipinski definition) is 3. The van der Waals surface area contributed by atoms with E-state index < -0.39 is 0 Å². The third kappa shape index (κ3) is 1.86. The van der Waals surface area contributed by atoms with Crippen LogP contribution in [0.5, 0.6) is 5.75 Å². The second-order valence-electron chi connectivity index (χ2n) is 3.81. The first kappa shape index (κ1) is 10.8. The largest absolute Gasteiger partial charge is 0.497 e. The van der Waals surface area contributed by atoms with Crippen LogP contribution in [0.2, 0.25) is 0 Å². The normalized spacial score (nSPS) is 23.9. The fourth-order valence-corrected chi connectivity index (χ4v) is 3.17. The lowest BCUT2D eigenvalue weighted by Gasteiger charge is -2.17. The number of methoxy groups -OCH3 is 1. The van der Waals surface area contributed by atoms with E-state index in [0.717, 1.165) is 12.2 Å². The monoisotopic (exact) mass is 223 g/mol. The molecule has 2 unspecified atom stereocenters. The topological polar surface area (TPSA) is 21.3 Å². The molecule has 0 radical (unpaired) electrons. The van der Waals surface area contributed by atoms with E-state index in [2.05, 4.69) is 23.7 Å². The fourth-order valence-electron chi connectivity index (χ4n) is 2.27. The molecule has 0 amide bonds. The summed E-state index contributed by atoms with van der Waals surface area (Å²) in [5.74, 6) is 0.954. The van der Waals surface area contributed by atoms with Gasteiger partial charge in [0.05, 0.1) is 7.11 Å². The molecule has 0 spiro atoms. The molecule has 0 aliphatic heterocycles. The van der Waals surface area contributed by atoms with Gasteiger partial charge in [-0.1, -0.05) is 6.07 Å². The van der Waals surface area contributed by atoms with Crippen LogP contribution in [0.3, 0.4) is 0 Å². The molecule has 1 aromatic carbocycles. The van der Waals surface area contributed by atoms with Crippen LogP contribution in [-0.4, -0.2) is 25.7 Å². The lowest BCUT2D eigenvalue weighted by Crippen LogP contribution is -2.23. The predicted molar refractivity (Wildman–Crippen MR) is 65.8 cm³/mol. The molecule has 0 fully saturated rings. The van der Waals surface area contributed by atoms with E-state index in [9.17, 15) is 0 Å². The molecule has 1 aliphatic rings. The van der Waals surface area contributed by atoms with E-state index >= 15 is 0 Å². The molecule has 3 heteroatoms. The molecule has 2 rings (SSSR count). The number of thioether (sulfide) groups is 1. The Kier molecular flexibility index (Phi) is 3.22. The van der Waals surface area contributed by atoms with Gasteiger partial charge >= 0.3 is 0 Å². The van der Waals surface area contributed by atoms with Crippen molar-refractivity contribution in [2.45, 2.75) is 17.7 Å². The summed E-state index contributed by atoms with van der Waals surface area (Å²) in [4.78, 5) is 0. The van der Waals surface area contributed by atoms with Gasteiger partial charge in [-0.2, -0.15) is 11.8 Å². The zero-order chi connectivity index (χ0) is 10.8. The van der Waals surface area contributed by atoms with Crippen LogP contribution in [0.1, 0.15) is 17.2 Å². The van der Waals surface area contributed by atoms with Crippen molar-refractivity contribution in [3.8, 4) is 5.75 Å². The molecule has 82 valence electrons. The molecular weight excluding hydrogens is 206 g/mol. The van der Waals surface area contributed by atoms with Crippen LogP contribution >= 0.6 is 11.8 Å². The molecule has 1 aromatic rings. The minimum absolute atomic E-state index is 0.463. The molecule has 2 nitrogen and oxygen atoms in total. The minimum Gasteiger partial charge on any atom is -0.497 e. The highest BCUT2D eigenvalue weighted by Crippen LogP contribution is 2.38. The van der Waals surface area contributed by atoms with Crippen LogP contribution in [-0.2, 0) is 6.42 Å². The standard InChI is InChI=1S/C12H17NOS/c1-13-12-10-7-9(14-2)5-4-8(10)6-11(12)15-3/h4-5,7,11-13H,6H2,1-3H3. The SMILES string of the molecule is CNC1c2cc(OC)ccc2CC1SC. The molecule has 15 heavy (non-hydrogen) atoms. The number of ether oxygens (including phenoxy) is 1. The predicted octanol–water partition coefficient (Wildman–Crippen LogP) is 2.24. The summed E-state index contributed by atoms with van der Waals surface area (Å²) in [5, 5.41) is 4.05. The summed E-state index contributed by atoms with van der Waals surface area (Å²) in [6.07, 6.45) is 3.34. The van der Waals surface area contributed by atoms with Gasteiger partial charge in [0.25, 0.3) is 0 Å². The van der Waals surface area contributed by atoms with Gasteiger partial charge < -0.3 is 10.1 Å². The van der Waals surface area contributed by atoms with Gasteiger partial charge in [0.2, 0.25) is 0 Å². The number of fused-ring (bicyclic) bond motifs is 1. The average molecular weight is 223 g/mol. The second-order valence-corrected chi connectivity index (χ2v) is 4.89. The van der Waals surface area contributed by atoms with Crippen LogP contribution in [0, 0.1) is 0 Å². The molecule has 0 saturated carbocycles. The maximum atomic E-state index is 5.27. The van der Waals surface area contributed by atoms with E-state index in [1.807, 2.05) is 24.9 Å². The summed E-state index contributed by atoms with van der Waals surface area (Å²) in [6.45, 7) is 0. The van der Waals surface area contributed by atoms with Gasteiger partial charge in [-0.15, -0.1) is 0 Å². The number of rotatable bonds is 3. The van der Waals surface area contributed by atoms with Gasteiger partial charge in [-0.3, -0.25) is 0 Å². The Balaban J connectivity index is 2.36. The van der Waals surface area contributed by atoms with Gasteiger partial charge in [0.15, 0.2) is 0 Å². The van der Waals surface area contributed by atoms with Crippen LogP contribution in [0.15, 0.2) is 18.2 Å². The van der Waals surface area contributed by atoms with Crippen molar-refractivity contribution in [1.29, 1.82) is 0 Å². The first-order chi connectivity index (χ1) is 7.30. The lowest BCUT2D eigenvalue weighted by molar-refractivity contribution is 0.413. The summed E-state index contributed by atoms with van der Waals surface area (Å²) in [7, 11) is 3.75. The third-order valence-corrected chi connectivity index (χ3v) is 4.14. The first-order valence-corrected chi connectivity index (χ1v) is 6.45. The Morgan fingerprint density at radius 3 is 2.87 bits per heavy atom. The van der Waals surface area contributed by atoms with Crippen molar-refractivity contribution in [3.05, 3.63) is 29.3 Å². The molecule has 0 aromatic heterocycles. The quantitative estimate of drug-likeness (QED) is 0.849. The molecule has 0 saturated heterocycles. The second kappa shape index (κ2) is 4.45. The van der Waals surface area contributed by atoms with E-state index in [-0.39, 0.29) is 0 Å². The highest BCUT2D eigenvalue weighted by atomic mass is 32.2. The third-order valence-electron chi connectivity index (χ3n) is 3.09. The Bertz CT molecular complexity index is 353. The van der Waals surface area contributed by atoms with Crippen molar-refractivity contribution >= 4 is 11.8 Å². The molecule has 0 bridgehead atoms. The highest BCUT2D eigenvalue weighted by Gasteiger charge is 2.30. The van der Waals surface area contributed by atoms with Crippen molar-refractivity contribution in [2.24, 2.45) is 0 Å². The summed E-state index contributed by atoms with van der Waals surface area (Å²) < 4.78 is 5.27. The number of benzene rings is 1. The van der Waals surface area contributed by atoms with E-state index in [0.29, 0.717) is 11.3 Å². The van der Waals surface area contributed by atoms with Gasteiger partial charge in [0.1, 0.15) is 5.75 Å². The van der Waals surface area contributed by atoms with Gasteiger partial charge in [-0.05, 0) is 43.0 Å². The van der Waals surface area contributed by atoms with E-state index in [1.165, 1.54) is 11.1 Å². The summed E-state index contributed by atoms with van der Waals surface area (Å²) in [5.41, 5.74) is 2.85. The molecular formula is C12H17NOS. The number of nitrogens with one attached hydrogen (secondary N) is 1. The summed E-state index contributed by atoms with van der Waals surface area (Å²) >= 11 is 1.93. The van der Waals surface area contributed by atoms with Crippen molar-refractivity contribution < 1.29 is 4.74 Å².